The van der Waals surface area contributed by atoms with Crippen molar-refractivity contribution in [3.8, 4) is 0 Å². The quantitative estimate of drug-likeness (QED) is 0.486. The van der Waals surface area contributed by atoms with Gasteiger partial charge in [-0.25, -0.2) is 9.78 Å². The van der Waals surface area contributed by atoms with Crippen LogP contribution in [0.1, 0.15) is 5.82 Å². The van der Waals surface area contributed by atoms with Crippen LogP contribution in [-0.2, 0) is 13.1 Å². The molecule has 0 saturated carbocycles. The van der Waals surface area contributed by atoms with Crippen molar-refractivity contribution in [3.05, 3.63) is 22.6 Å². The summed E-state index contributed by atoms with van der Waals surface area (Å²) < 4.78 is 1.03. The van der Waals surface area contributed by atoms with Crippen molar-refractivity contribution in [2.45, 2.75) is 13.1 Å². The molecule has 0 aliphatic carbocycles. The molecule has 0 bridgehead atoms. The highest BCUT2D eigenvalue weighted by Gasteiger charge is 1.96. The highest BCUT2D eigenvalue weighted by atomic mass is 16.3. The van der Waals surface area contributed by atoms with Gasteiger partial charge in [-0.15, -0.1) is 0 Å². The number of aliphatic hydroxyl groups excluding tert-OH is 1. The van der Waals surface area contributed by atoms with Gasteiger partial charge >= 0.3 is 5.69 Å². The maximum absolute atomic E-state index is 10.9. The first kappa shape index (κ1) is 7.94. The standard InChI is InChI=1S/C5H8BN3O2/c6-1-4-7-2-9(3-10)5(11)8-4/h2,10H,1,3,6H2. The first-order valence-corrected chi connectivity index (χ1v) is 3.31. The summed E-state index contributed by atoms with van der Waals surface area (Å²) >= 11 is 0. The van der Waals surface area contributed by atoms with E-state index < -0.39 is 5.69 Å². The summed E-state index contributed by atoms with van der Waals surface area (Å²) in [4.78, 5) is 18.3. The van der Waals surface area contributed by atoms with Gasteiger partial charge in [0.25, 0.3) is 0 Å². The van der Waals surface area contributed by atoms with Crippen LogP contribution in [0.2, 0.25) is 0 Å². The van der Waals surface area contributed by atoms with Gasteiger partial charge in [-0.3, -0.25) is 4.57 Å². The van der Waals surface area contributed by atoms with E-state index in [1.807, 2.05) is 7.85 Å². The molecule has 0 aliphatic rings. The fraction of sp³-hybridized carbons (Fsp3) is 0.400. The van der Waals surface area contributed by atoms with Gasteiger partial charge in [-0.05, 0) is 6.32 Å². The van der Waals surface area contributed by atoms with E-state index in [1.165, 1.54) is 6.33 Å². The molecule has 0 fully saturated rings. The Morgan fingerprint density at radius 2 is 2.45 bits per heavy atom. The maximum Gasteiger partial charge on any atom is 0.352 e. The molecule has 1 rings (SSSR count). The molecule has 11 heavy (non-hydrogen) atoms. The molecule has 1 N–H and O–H groups in total. The van der Waals surface area contributed by atoms with Crippen molar-refractivity contribution < 1.29 is 5.11 Å². The van der Waals surface area contributed by atoms with Crippen molar-refractivity contribution in [2.75, 3.05) is 0 Å². The largest absolute Gasteiger partial charge is 0.376 e. The van der Waals surface area contributed by atoms with Gasteiger partial charge in [-0.2, -0.15) is 4.98 Å². The third-order valence-electron chi connectivity index (χ3n) is 1.29. The third kappa shape index (κ3) is 1.65. The molecule has 1 aromatic heterocycles. The Morgan fingerprint density at radius 3 is 2.91 bits per heavy atom. The topological polar surface area (TPSA) is 68.0 Å². The van der Waals surface area contributed by atoms with Crippen LogP contribution in [0, 0.1) is 0 Å². The van der Waals surface area contributed by atoms with E-state index in [0.29, 0.717) is 12.1 Å². The lowest BCUT2D eigenvalue weighted by Crippen LogP contribution is -2.24. The Kier molecular flexibility index (Phi) is 2.38. The van der Waals surface area contributed by atoms with Gasteiger partial charge in [0.05, 0.1) is 0 Å². The minimum atomic E-state index is -0.459. The number of rotatable bonds is 2. The molecule has 6 heteroatoms. The Bertz CT molecular complexity index is 298. The Hall–Kier alpha value is -1.17. The molecule has 0 spiro atoms. The average molecular weight is 153 g/mol. The molecule has 0 aromatic carbocycles. The number of hydrogen-bond acceptors (Lipinski definition) is 4. The van der Waals surface area contributed by atoms with E-state index in [4.69, 9.17) is 5.11 Å². The average Bonchev–Trinajstić information content (AvgIpc) is 2.04. The summed E-state index contributed by atoms with van der Waals surface area (Å²) in [5, 5.41) is 8.56. The third-order valence-corrected chi connectivity index (χ3v) is 1.29. The van der Waals surface area contributed by atoms with Crippen LogP contribution >= 0.6 is 0 Å². The second kappa shape index (κ2) is 3.29. The van der Waals surface area contributed by atoms with Crippen molar-refractivity contribution in [1.82, 2.24) is 14.5 Å². The SMILES string of the molecule is BCc1ncn(CO)c(=O)n1. The first-order valence-electron chi connectivity index (χ1n) is 3.31. The lowest BCUT2D eigenvalue weighted by atomic mass is 10.1. The van der Waals surface area contributed by atoms with E-state index in [-0.39, 0.29) is 6.73 Å². The Balaban J connectivity index is 3.10. The number of nitrogens with zero attached hydrogens (tertiary/aromatic N) is 3. The molecule has 5 nitrogen and oxygen atoms in total. The first-order chi connectivity index (χ1) is 5.27. The summed E-state index contributed by atoms with van der Waals surface area (Å²) in [7, 11) is 1.86. The van der Waals surface area contributed by atoms with Crippen LogP contribution in [-0.4, -0.2) is 27.5 Å². The summed E-state index contributed by atoms with van der Waals surface area (Å²) in [5.74, 6) is 0.500. The van der Waals surface area contributed by atoms with Crippen molar-refractivity contribution >= 4 is 7.85 Å². The highest BCUT2D eigenvalue weighted by Crippen LogP contribution is 1.80. The van der Waals surface area contributed by atoms with Crippen LogP contribution in [0.25, 0.3) is 0 Å². The Labute approximate surface area is 64.1 Å². The van der Waals surface area contributed by atoms with E-state index >= 15 is 0 Å². The van der Waals surface area contributed by atoms with Gasteiger partial charge in [0.1, 0.15) is 26.7 Å². The highest BCUT2D eigenvalue weighted by molar-refractivity contribution is 6.07. The van der Waals surface area contributed by atoms with E-state index in [1.54, 1.807) is 0 Å². The van der Waals surface area contributed by atoms with Crippen molar-refractivity contribution in [3.63, 3.8) is 0 Å². The molecule has 0 amide bonds. The molecular formula is C5H8BN3O2. The van der Waals surface area contributed by atoms with Crippen LogP contribution in [0.3, 0.4) is 0 Å². The predicted octanol–water partition coefficient (Wildman–Crippen LogP) is -2.28. The molecule has 0 radical (unpaired) electrons. The molecule has 1 heterocycles. The van der Waals surface area contributed by atoms with Crippen LogP contribution in [0.15, 0.2) is 11.1 Å². The van der Waals surface area contributed by atoms with E-state index in [0.717, 1.165) is 4.57 Å². The van der Waals surface area contributed by atoms with Crippen LogP contribution < -0.4 is 5.69 Å². The van der Waals surface area contributed by atoms with Crippen LogP contribution in [0.5, 0.6) is 0 Å². The van der Waals surface area contributed by atoms with Crippen molar-refractivity contribution in [2.24, 2.45) is 0 Å². The number of hydrogen-bond donors (Lipinski definition) is 1. The number of aromatic nitrogens is 3. The molecule has 0 saturated heterocycles. The predicted molar refractivity (Wildman–Crippen MR) is 40.8 cm³/mol. The maximum atomic E-state index is 10.9. The fourth-order valence-corrected chi connectivity index (χ4v) is 0.657. The van der Waals surface area contributed by atoms with Gasteiger partial charge in [0.2, 0.25) is 0 Å². The summed E-state index contributed by atoms with van der Waals surface area (Å²) in [6, 6.07) is 0. The van der Waals surface area contributed by atoms with Gasteiger partial charge in [0, 0.05) is 0 Å². The lowest BCUT2D eigenvalue weighted by Gasteiger charge is -1.98. The minimum Gasteiger partial charge on any atom is -0.376 e. The zero-order chi connectivity index (χ0) is 8.27. The zero-order valence-corrected chi connectivity index (χ0v) is 6.19. The number of aliphatic hydroxyl groups is 1. The molecule has 0 unspecified atom stereocenters. The molecule has 0 aliphatic heterocycles. The van der Waals surface area contributed by atoms with Crippen molar-refractivity contribution in [1.29, 1.82) is 0 Å². The minimum absolute atomic E-state index is 0.372. The molecule has 1 aromatic rings. The fourth-order valence-electron chi connectivity index (χ4n) is 0.657. The molecule has 58 valence electrons. The summed E-state index contributed by atoms with van der Waals surface area (Å²) in [6.07, 6.45) is 1.91. The second-order valence-electron chi connectivity index (χ2n) is 2.02. The lowest BCUT2D eigenvalue weighted by molar-refractivity contribution is 0.202. The normalized spacial score (nSPS) is 9.91. The van der Waals surface area contributed by atoms with Gasteiger partial charge < -0.3 is 5.11 Å². The Morgan fingerprint density at radius 1 is 1.73 bits per heavy atom. The molecule has 0 atom stereocenters. The second-order valence-corrected chi connectivity index (χ2v) is 2.02. The van der Waals surface area contributed by atoms with Crippen LogP contribution in [0.4, 0.5) is 0 Å². The van der Waals surface area contributed by atoms with E-state index in [9.17, 15) is 4.79 Å². The zero-order valence-electron chi connectivity index (χ0n) is 6.19. The summed E-state index contributed by atoms with van der Waals surface area (Å²) in [6.45, 7) is -0.372. The monoisotopic (exact) mass is 153 g/mol. The summed E-state index contributed by atoms with van der Waals surface area (Å²) in [5.41, 5.74) is -0.459. The van der Waals surface area contributed by atoms with Gasteiger partial charge in [0.15, 0.2) is 0 Å². The van der Waals surface area contributed by atoms with Gasteiger partial charge in [-0.1, -0.05) is 0 Å². The molecular weight excluding hydrogens is 145 g/mol. The van der Waals surface area contributed by atoms with E-state index in [2.05, 4.69) is 9.97 Å². The smallest absolute Gasteiger partial charge is 0.352 e.